The molecule has 4 heteroatoms. The molecule has 0 aliphatic carbocycles. The molecule has 0 radical (unpaired) electrons. The van der Waals surface area contributed by atoms with Gasteiger partial charge >= 0.3 is 0 Å². The van der Waals surface area contributed by atoms with Gasteiger partial charge in [0.25, 0.3) is 0 Å². The summed E-state index contributed by atoms with van der Waals surface area (Å²) in [7, 11) is 0. The highest BCUT2D eigenvalue weighted by atomic mass is 15.4. The Morgan fingerprint density at radius 3 is 2.14 bits per heavy atom. The van der Waals surface area contributed by atoms with Gasteiger partial charge in [-0.3, -0.25) is 0 Å². The topological polar surface area (TPSA) is 24.3 Å². The molecule has 0 bridgehead atoms. The first kappa shape index (κ1) is 17.8. The third-order valence-electron chi connectivity index (χ3n) is 5.78. The molecule has 0 saturated carbocycles. The fourth-order valence-electron chi connectivity index (χ4n) is 4.15. The van der Waals surface area contributed by atoms with E-state index in [0.29, 0.717) is 0 Å². The van der Waals surface area contributed by atoms with Crippen LogP contribution in [0.5, 0.6) is 0 Å². The zero-order valence-corrected chi connectivity index (χ0v) is 16.8. The first-order valence-corrected chi connectivity index (χ1v) is 10.3. The van der Waals surface area contributed by atoms with Crippen molar-refractivity contribution in [3.8, 4) is 0 Å². The van der Waals surface area contributed by atoms with Crippen LogP contribution in [0.4, 0.5) is 11.6 Å². The lowest BCUT2D eigenvalue weighted by Gasteiger charge is -2.37. The summed E-state index contributed by atoms with van der Waals surface area (Å²) >= 11 is 0. The van der Waals surface area contributed by atoms with Gasteiger partial charge < -0.3 is 14.4 Å². The summed E-state index contributed by atoms with van der Waals surface area (Å²) in [5.74, 6) is 1.08. The summed E-state index contributed by atoms with van der Waals surface area (Å²) in [5.41, 5.74) is 6.19. The predicted octanol–water partition coefficient (Wildman–Crippen LogP) is 4.72. The average Bonchev–Trinajstić information content (AvgIpc) is 3.14. The van der Waals surface area contributed by atoms with Crippen LogP contribution in [0.3, 0.4) is 0 Å². The minimum absolute atomic E-state index is 0.842. The lowest BCUT2D eigenvalue weighted by Crippen LogP contribution is -2.47. The van der Waals surface area contributed by atoms with Gasteiger partial charge in [0.15, 0.2) is 0 Å². The number of piperazine rings is 1. The number of rotatable bonds is 4. The monoisotopic (exact) mass is 382 g/mol. The van der Waals surface area contributed by atoms with Gasteiger partial charge in [0.05, 0.1) is 17.6 Å². The second-order valence-electron chi connectivity index (χ2n) is 7.78. The number of anilines is 2. The molecule has 2 heterocycles. The van der Waals surface area contributed by atoms with Gasteiger partial charge in [-0.15, -0.1) is 0 Å². The second kappa shape index (κ2) is 7.63. The first-order chi connectivity index (χ1) is 14.3. The van der Waals surface area contributed by atoms with E-state index in [4.69, 9.17) is 4.98 Å². The van der Waals surface area contributed by atoms with E-state index in [1.165, 1.54) is 22.3 Å². The summed E-state index contributed by atoms with van der Waals surface area (Å²) in [6, 6.07) is 28.0. The molecular formula is C25H26N4. The Labute approximate surface area is 172 Å². The maximum absolute atomic E-state index is 5.01. The molecule has 0 unspecified atom stereocenters. The molecule has 1 aromatic heterocycles. The minimum Gasteiger partial charge on any atom is -0.368 e. The van der Waals surface area contributed by atoms with E-state index in [-0.39, 0.29) is 0 Å². The molecule has 1 fully saturated rings. The quantitative estimate of drug-likeness (QED) is 0.510. The number of aryl methyl sites for hydroxylation is 1. The van der Waals surface area contributed by atoms with E-state index < -0.39 is 0 Å². The summed E-state index contributed by atoms with van der Waals surface area (Å²) in [6.45, 7) is 6.96. The highest BCUT2D eigenvalue weighted by Gasteiger charge is 2.22. The lowest BCUT2D eigenvalue weighted by atomic mass is 10.2. The summed E-state index contributed by atoms with van der Waals surface area (Å²) in [4.78, 5) is 9.92. The van der Waals surface area contributed by atoms with Crippen LogP contribution in [0.15, 0.2) is 78.9 Å². The van der Waals surface area contributed by atoms with Gasteiger partial charge in [0, 0.05) is 31.9 Å². The Morgan fingerprint density at radius 2 is 1.38 bits per heavy atom. The van der Waals surface area contributed by atoms with Crippen molar-refractivity contribution in [2.24, 2.45) is 0 Å². The van der Waals surface area contributed by atoms with Crippen molar-refractivity contribution in [2.45, 2.75) is 13.5 Å². The number of hydrogen-bond acceptors (Lipinski definition) is 3. The van der Waals surface area contributed by atoms with Gasteiger partial charge in [-0.2, -0.15) is 0 Å². The van der Waals surface area contributed by atoms with Crippen LogP contribution in [0.2, 0.25) is 0 Å². The van der Waals surface area contributed by atoms with Crippen molar-refractivity contribution < 1.29 is 0 Å². The number of benzene rings is 3. The Morgan fingerprint density at radius 1 is 0.724 bits per heavy atom. The van der Waals surface area contributed by atoms with Crippen LogP contribution < -0.4 is 9.80 Å². The SMILES string of the molecule is Cc1ccc(N2CCN(c3nc4ccccc4n3Cc3ccccc3)CC2)cc1. The first-order valence-electron chi connectivity index (χ1n) is 10.3. The van der Waals surface area contributed by atoms with Crippen LogP contribution in [0.1, 0.15) is 11.1 Å². The molecule has 5 rings (SSSR count). The van der Waals surface area contributed by atoms with Crippen LogP contribution in [0.25, 0.3) is 11.0 Å². The molecule has 4 nitrogen and oxygen atoms in total. The van der Waals surface area contributed by atoms with E-state index in [9.17, 15) is 0 Å². The third kappa shape index (κ3) is 3.58. The molecule has 29 heavy (non-hydrogen) atoms. The van der Waals surface area contributed by atoms with Crippen molar-refractivity contribution in [3.05, 3.63) is 90.0 Å². The smallest absolute Gasteiger partial charge is 0.206 e. The molecule has 146 valence electrons. The Balaban J connectivity index is 1.41. The number of imidazole rings is 1. The van der Waals surface area contributed by atoms with Crippen molar-refractivity contribution in [1.29, 1.82) is 0 Å². The Bertz CT molecular complexity index is 1090. The highest BCUT2D eigenvalue weighted by molar-refractivity contribution is 5.79. The van der Waals surface area contributed by atoms with E-state index in [1.54, 1.807) is 0 Å². The highest BCUT2D eigenvalue weighted by Crippen LogP contribution is 2.26. The maximum atomic E-state index is 5.01. The molecule has 0 spiro atoms. The van der Waals surface area contributed by atoms with Crippen LogP contribution in [-0.4, -0.2) is 35.7 Å². The van der Waals surface area contributed by atoms with E-state index in [0.717, 1.165) is 44.2 Å². The van der Waals surface area contributed by atoms with Crippen molar-refractivity contribution >= 4 is 22.7 Å². The van der Waals surface area contributed by atoms with Crippen LogP contribution >= 0.6 is 0 Å². The van der Waals surface area contributed by atoms with E-state index in [2.05, 4.69) is 100 Å². The van der Waals surface area contributed by atoms with Gasteiger partial charge in [-0.05, 0) is 36.8 Å². The summed E-state index contributed by atoms with van der Waals surface area (Å²) in [5, 5.41) is 0. The van der Waals surface area contributed by atoms with Gasteiger partial charge in [0.1, 0.15) is 0 Å². The molecule has 1 saturated heterocycles. The van der Waals surface area contributed by atoms with Crippen LogP contribution in [-0.2, 0) is 6.54 Å². The molecular weight excluding hydrogens is 356 g/mol. The maximum Gasteiger partial charge on any atom is 0.206 e. The third-order valence-corrected chi connectivity index (χ3v) is 5.78. The molecule has 0 N–H and O–H groups in total. The number of nitrogens with zero attached hydrogens (tertiary/aromatic N) is 4. The Hall–Kier alpha value is -3.27. The zero-order chi connectivity index (χ0) is 19.6. The van der Waals surface area contributed by atoms with Crippen molar-refractivity contribution in [3.63, 3.8) is 0 Å². The minimum atomic E-state index is 0.842. The lowest BCUT2D eigenvalue weighted by molar-refractivity contribution is 0.625. The normalized spacial score (nSPS) is 14.5. The number of fused-ring (bicyclic) bond motifs is 1. The second-order valence-corrected chi connectivity index (χ2v) is 7.78. The fourth-order valence-corrected chi connectivity index (χ4v) is 4.15. The fraction of sp³-hybridized carbons (Fsp3) is 0.240. The van der Waals surface area contributed by atoms with Gasteiger partial charge in [-0.25, -0.2) is 4.98 Å². The van der Waals surface area contributed by atoms with Crippen molar-refractivity contribution in [2.75, 3.05) is 36.0 Å². The number of hydrogen-bond donors (Lipinski definition) is 0. The molecule has 3 aromatic carbocycles. The number of para-hydroxylation sites is 2. The van der Waals surface area contributed by atoms with E-state index in [1.807, 2.05) is 0 Å². The summed E-state index contributed by atoms with van der Waals surface area (Å²) < 4.78 is 2.37. The number of aromatic nitrogens is 2. The summed E-state index contributed by atoms with van der Waals surface area (Å²) in [6.07, 6.45) is 0. The zero-order valence-electron chi connectivity index (χ0n) is 16.8. The molecule has 1 aliphatic heterocycles. The van der Waals surface area contributed by atoms with Crippen LogP contribution in [0, 0.1) is 6.92 Å². The van der Waals surface area contributed by atoms with Gasteiger partial charge in [-0.1, -0.05) is 60.2 Å². The van der Waals surface area contributed by atoms with Gasteiger partial charge in [0.2, 0.25) is 5.95 Å². The molecule has 0 amide bonds. The predicted molar refractivity (Wildman–Crippen MR) is 121 cm³/mol. The molecule has 1 aliphatic rings. The average molecular weight is 383 g/mol. The molecule has 4 aromatic rings. The standard InChI is InChI=1S/C25H26N4/c1-20-11-13-22(14-12-20)27-15-17-28(18-16-27)25-26-23-9-5-6-10-24(23)29(25)19-21-7-3-2-4-8-21/h2-14H,15-19H2,1H3. The van der Waals surface area contributed by atoms with Crippen molar-refractivity contribution in [1.82, 2.24) is 9.55 Å². The largest absolute Gasteiger partial charge is 0.368 e. The van der Waals surface area contributed by atoms with E-state index >= 15 is 0 Å². The molecule has 0 atom stereocenters. The Kier molecular flexibility index (Phi) is 4.68.